The number of rotatable bonds is 4. The molecule has 9 N–H and O–H groups in total. The number of aromatic amines is 1. The number of fused-ring (bicyclic) bond motifs is 5. The van der Waals surface area contributed by atoms with Crippen LogP contribution < -0.4 is 17.0 Å². The largest absolute Gasteiger partial charge is 0.472 e. The number of phosphoric ester groups is 2. The number of hydrogen-bond acceptors (Lipinski definition) is 18. The average Bonchev–Trinajstić information content (AvgIpc) is 3.76. The summed E-state index contributed by atoms with van der Waals surface area (Å²) in [6, 6.07) is 0. The standard InChI is InChI=1S/C22H28N10O13P2/c23-16-11-17(26-5-25-16)31(6-27-11)20-13(34)15-10(43-20)4-41-46(36,37)44-14-8(1-2-33)9(3-40-47(38,39)45-15)42-21(14)32-7-28-12-18(32)29-22(24)30-19(12)35/h5-10,13-15,20-21,33-34H,1-4H2,(H,36,37)(H,38,39)(H2,23,25,26)(H3,24,29,30,35). The van der Waals surface area contributed by atoms with E-state index in [0.29, 0.717) is 0 Å². The summed E-state index contributed by atoms with van der Waals surface area (Å²) in [5, 5.41) is 21.0. The third-order valence-corrected chi connectivity index (χ3v) is 9.94. The van der Waals surface area contributed by atoms with Crippen LogP contribution in [0.3, 0.4) is 0 Å². The fourth-order valence-electron chi connectivity index (χ4n) is 5.90. The maximum atomic E-state index is 13.4. The van der Waals surface area contributed by atoms with Crippen LogP contribution in [0, 0.1) is 5.92 Å². The van der Waals surface area contributed by atoms with E-state index in [1.54, 1.807) is 0 Å². The summed E-state index contributed by atoms with van der Waals surface area (Å²) in [7, 11) is -10.1. The number of nitrogens with one attached hydrogen (secondary N) is 1. The minimum absolute atomic E-state index is 0.0411. The van der Waals surface area contributed by atoms with Gasteiger partial charge in [-0.25, -0.2) is 29.1 Å². The zero-order valence-electron chi connectivity index (χ0n) is 23.8. The van der Waals surface area contributed by atoms with Crippen molar-refractivity contribution in [3.8, 4) is 0 Å². The van der Waals surface area contributed by atoms with Gasteiger partial charge in [-0.1, -0.05) is 0 Å². The summed E-state index contributed by atoms with van der Waals surface area (Å²) < 4.78 is 62.7. The molecule has 0 spiro atoms. The fourth-order valence-corrected chi connectivity index (χ4v) is 7.83. The van der Waals surface area contributed by atoms with Gasteiger partial charge in [-0.05, 0) is 6.42 Å². The highest BCUT2D eigenvalue weighted by Gasteiger charge is 2.54. The fraction of sp³-hybridized carbons (Fsp3) is 0.545. The molecule has 0 radical (unpaired) electrons. The van der Waals surface area contributed by atoms with Crippen LogP contribution in [-0.2, 0) is 36.7 Å². The number of phosphoric acid groups is 2. The minimum atomic E-state index is -5.06. The quantitative estimate of drug-likeness (QED) is 0.116. The van der Waals surface area contributed by atoms with Gasteiger partial charge in [0.1, 0.15) is 36.3 Å². The lowest BCUT2D eigenvalue weighted by Crippen LogP contribution is -2.36. The predicted molar refractivity (Wildman–Crippen MR) is 153 cm³/mol. The van der Waals surface area contributed by atoms with E-state index in [1.165, 1.54) is 15.5 Å². The lowest BCUT2D eigenvalue weighted by atomic mass is 9.95. The van der Waals surface area contributed by atoms with E-state index in [-0.39, 0.29) is 40.5 Å². The molecular weight excluding hydrogens is 674 g/mol. The van der Waals surface area contributed by atoms with Gasteiger partial charge in [0.05, 0.1) is 32.0 Å². The molecule has 3 fully saturated rings. The predicted octanol–water partition coefficient (Wildman–Crippen LogP) is -1.70. The highest BCUT2D eigenvalue weighted by atomic mass is 31.2. The number of aromatic nitrogens is 8. The Balaban J connectivity index is 1.23. The molecular formula is C22H28N10O13P2. The van der Waals surface area contributed by atoms with Crippen LogP contribution in [0.1, 0.15) is 18.9 Å². The number of ether oxygens (including phenoxy) is 2. The molecule has 0 aliphatic carbocycles. The summed E-state index contributed by atoms with van der Waals surface area (Å²) in [5.74, 6) is -1.17. The van der Waals surface area contributed by atoms with Gasteiger partial charge in [0, 0.05) is 12.5 Å². The second kappa shape index (κ2) is 11.9. The van der Waals surface area contributed by atoms with Crippen molar-refractivity contribution in [2.75, 3.05) is 31.3 Å². The van der Waals surface area contributed by atoms with Gasteiger partial charge in [-0.3, -0.25) is 37.0 Å². The van der Waals surface area contributed by atoms with Gasteiger partial charge in [0.2, 0.25) is 5.95 Å². The van der Waals surface area contributed by atoms with Gasteiger partial charge in [0.15, 0.2) is 35.1 Å². The van der Waals surface area contributed by atoms with Crippen LogP contribution in [0.15, 0.2) is 23.8 Å². The molecule has 254 valence electrons. The van der Waals surface area contributed by atoms with E-state index < -0.39 is 89.9 Å². The third kappa shape index (κ3) is 5.83. The number of nitrogen functional groups attached to an aromatic ring is 2. The number of aliphatic hydroxyl groups is 2. The first-order valence-electron chi connectivity index (χ1n) is 13.9. The van der Waals surface area contributed by atoms with E-state index in [0.717, 1.165) is 12.7 Å². The number of imidazole rings is 2. The van der Waals surface area contributed by atoms with Crippen molar-refractivity contribution in [1.82, 2.24) is 39.0 Å². The van der Waals surface area contributed by atoms with Crippen molar-refractivity contribution >= 4 is 49.7 Å². The Morgan fingerprint density at radius 2 is 1.53 bits per heavy atom. The summed E-state index contributed by atoms with van der Waals surface area (Å²) in [6.07, 6.45) is -6.62. The normalized spacial score (nSPS) is 36.6. The van der Waals surface area contributed by atoms with Crippen LogP contribution in [0.5, 0.6) is 0 Å². The van der Waals surface area contributed by atoms with E-state index >= 15 is 0 Å². The molecule has 7 heterocycles. The Morgan fingerprint density at radius 1 is 0.894 bits per heavy atom. The number of nitrogens with zero attached hydrogens (tertiary/aromatic N) is 7. The highest BCUT2D eigenvalue weighted by molar-refractivity contribution is 7.47. The molecule has 10 atom stereocenters. The molecule has 25 heteroatoms. The Bertz CT molecular complexity index is 1970. The monoisotopic (exact) mass is 702 g/mol. The molecule has 2 bridgehead atoms. The van der Waals surface area contributed by atoms with E-state index in [1.807, 2.05) is 0 Å². The topological polar surface area (TPSA) is 330 Å². The van der Waals surface area contributed by atoms with Crippen LogP contribution >= 0.6 is 15.6 Å². The van der Waals surface area contributed by atoms with E-state index in [9.17, 15) is 33.9 Å². The SMILES string of the molecule is Nc1nc2c(ncn2C2OC3COP(=O)(O)OC4C(COP(=O)(O)OC2C3CCO)OC(n2cnc3c(N)ncnc32)C4O)c(=O)[nH]1. The van der Waals surface area contributed by atoms with E-state index in [2.05, 4.69) is 29.9 Å². The summed E-state index contributed by atoms with van der Waals surface area (Å²) in [6.45, 7) is -1.92. The van der Waals surface area contributed by atoms with Gasteiger partial charge < -0.3 is 40.9 Å². The third-order valence-electron chi connectivity index (χ3n) is 7.97. The molecule has 4 aromatic rings. The summed E-state index contributed by atoms with van der Waals surface area (Å²) in [5.41, 5.74) is 11.0. The van der Waals surface area contributed by atoms with Gasteiger partial charge in [-0.2, -0.15) is 4.98 Å². The van der Waals surface area contributed by atoms with Gasteiger partial charge >= 0.3 is 15.6 Å². The number of aliphatic hydroxyl groups excluding tert-OH is 2. The Hall–Kier alpha value is -3.44. The second-order valence-corrected chi connectivity index (χ2v) is 13.6. The molecule has 47 heavy (non-hydrogen) atoms. The number of nitrogens with two attached hydrogens (primary N) is 2. The maximum Gasteiger partial charge on any atom is 0.472 e. The molecule has 0 saturated carbocycles. The number of H-pyrrole nitrogens is 1. The lowest BCUT2D eigenvalue weighted by Gasteiger charge is -2.26. The molecule has 0 amide bonds. The van der Waals surface area contributed by atoms with Crippen LogP contribution in [0.2, 0.25) is 0 Å². The van der Waals surface area contributed by atoms with Crippen LogP contribution in [-0.4, -0.2) is 109 Å². The zero-order valence-corrected chi connectivity index (χ0v) is 25.6. The summed E-state index contributed by atoms with van der Waals surface area (Å²) in [4.78, 5) is 56.5. The van der Waals surface area contributed by atoms with Crippen molar-refractivity contribution in [1.29, 1.82) is 0 Å². The van der Waals surface area contributed by atoms with Crippen molar-refractivity contribution in [2.24, 2.45) is 5.92 Å². The molecule has 3 saturated heterocycles. The van der Waals surface area contributed by atoms with Crippen LogP contribution in [0.25, 0.3) is 22.3 Å². The maximum absolute atomic E-state index is 13.4. The second-order valence-electron chi connectivity index (χ2n) is 10.8. The lowest BCUT2D eigenvalue weighted by molar-refractivity contribution is -0.0671. The highest BCUT2D eigenvalue weighted by Crippen LogP contribution is 2.55. The molecule has 0 aromatic carbocycles. The van der Waals surface area contributed by atoms with E-state index in [4.69, 9.17) is 39.0 Å². The smallest absolute Gasteiger partial charge is 0.396 e. The molecule has 7 rings (SSSR count). The number of hydrogen-bond donors (Lipinski definition) is 7. The Labute approximate surface area is 261 Å². The van der Waals surface area contributed by atoms with Crippen LogP contribution in [0.4, 0.5) is 11.8 Å². The Kier molecular flexibility index (Phi) is 8.14. The van der Waals surface area contributed by atoms with Crippen molar-refractivity contribution in [3.05, 3.63) is 29.3 Å². The van der Waals surface area contributed by atoms with Crippen molar-refractivity contribution in [2.45, 2.75) is 49.4 Å². The van der Waals surface area contributed by atoms with Gasteiger partial charge in [-0.15, -0.1) is 0 Å². The minimum Gasteiger partial charge on any atom is -0.396 e. The molecule has 3 aliphatic heterocycles. The van der Waals surface area contributed by atoms with Gasteiger partial charge in [0.25, 0.3) is 5.56 Å². The Morgan fingerprint density at radius 3 is 2.26 bits per heavy atom. The molecule has 3 aliphatic rings. The first-order valence-corrected chi connectivity index (χ1v) is 16.9. The molecule has 4 aromatic heterocycles. The molecule has 23 nitrogen and oxygen atoms in total. The van der Waals surface area contributed by atoms with Crippen molar-refractivity contribution < 1.29 is 56.7 Å². The summed E-state index contributed by atoms with van der Waals surface area (Å²) >= 11 is 0. The average molecular weight is 702 g/mol. The van der Waals surface area contributed by atoms with Crippen molar-refractivity contribution in [3.63, 3.8) is 0 Å². The first-order chi connectivity index (χ1) is 22.4. The first kappa shape index (κ1) is 32.1. The zero-order chi connectivity index (χ0) is 33.2. The molecule has 10 unspecified atom stereocenters. The number of anilines is 2.